The quantitative estimate of drug-likeness (QED) is 0.853. The summed E-state index contributed by atoms with van der Waals surface area (Å²) >= 11 is 0. The zero-order valence-corrected chi connectivity index (χ0v) is 13.3. The Morgan fingerprint density at radius 1 is 0.750 bits per heavy atom. The lowest BCUT2D eigenvalue weighted by Crippen LogP contribution is -2.53. The van der Waals surface area contributed by atoms with Crippen molar-refractivity contribution in [2.45, 2.75) is 76.4 Å². The minimum absolute atomic E-state index is 0.802. The van der Waals surface area contributed by atoms with Crippen molar-refractivity contribution in [1.29, 1.82) is 0 Å². The fourth-order valence-electron chi connectivity index (χ4n) is 4.67. The second-order valence-corrected chi connectivity index (χ2v) is 7.07. The average molecular weight is 279 g/mol. The minimum Gasteiger partial charge on any atom is -0.314 e. The van der Waals surface area contributed by atoms with Crippen molar-refractivity contribution in [1.82, 2.24) is 15.1 Å². The molecule has 2 aliphatic carbocycles. The van der Waals surface area contributed by atoms with Gasteiger partial charge in [-0.25, -0.2) is 0 Å². The standard InChI is InChI=1S/C17H33N3/c1-2-18-15-7-9-17(10-8-15)20-13-11-19(12-14-20)16-5-3-4-6-16/h15-18H,2-14H2,1H3. The molecule has 2 saturated carbocycles. The SMILES string of the molecule is CCNC1CCC(N2CCN(C3CCCC3)CC2)CC1. The molecule has 20 heavy (non-hydrogen) atoms. The molecule has 116 valence electrons. The first kappa shape index (κ1) is 14.8. The molecule has 0 atom stereocenters. The lowest BCUT2D eigenvalue weighted by atomic mass is 9.89. The normalized spacial score (nSPS) is 34.6. The van der Waals surface area contributed by atoms with E-state index in [-0.39, 0.29) is 0 Å². The van der Waals surface area contributed by atoms with Gasteiger partial charge in [-0.15, -0.1) is 0 Å². The van der Waals surface area contributed by atoms with Crippen LogP contribution in [0.3, 0.4) is 0 Å². The Balaban J connectivity index is 1.40. The van der Waals surface area contributed by atoms with Gasteiger partial charge in [-0.3, -0.25) is 9.80 Å². The maximum absolute atomic E-state index is 3.63. The predicted molar refractivity (Wildman–Crippen MR) is 85.1 cm³/mol. The summed E-state index contributed by atoms with van der Waals surface area (Å²) in [5.41, 5.74) is 0. The Morgan fingerprint density at radius 2 is 1.25 bits per heavy atom. The van der Waals surface area contributed by atoms with Crippen LogP contribution in [0.4, 0.5) is 0 Å². The third-order valence-electron chi connectivity index (χ3n) is 5.90. The molecule has 1 heterocycles. The van der Waals surface area contributed by atoms with Crippen LogP contribution in [-0.2, 0) is 0 Å². The molecule has 3 heteroatoms. The van der Waals surface area contributed by atoms with Crippen molar-refractivity contribution >= 4 is 0 Å². The largest absolute Gasteiger partial charge is 0.314 e. The first-order valence-electron chi connectivity index (χ1n) is 9.08. The van der Waals surface area contributed by atoms with Gasteiger partial charge >= 0.3 is 0 Å². The third-order valence-corrected chi connectivity index (χ3v) is 5.90. The molecule has 0 aromatic heterocycles. The maximum atomic E-state index is 3.63. The zero-order valence-electron chi connectivity index (χ0n) is 13.3. The fourth-order valence-corrected chi connectivity index (χ4v) is 4.67. The molecule has 0 aromatic rings. The number of nitrogens with zero attached hydrogens (tertiary/aromatic N) is 2. The second kappa shape index (κ2) is 7.24. The highest BCUT2D eigenvalue weighted by atomic mass is 15.3. The van der Waals surface area contributed by atoms with Crippen molar-refractivity contribution in [2.75, 3.05) is 32.7 Å². The molecule has 3 nitrogen and oxygen atoms in total. The smallest absolute Gasteiger partial charge is 0.0113 e. The first-order valence-corrected chi connectivity index (χ1v) is 9.08. The summed E-state index contributed by atoms with van der Waals surface area (Å²) in [7, 11) is 0. The molecule has 1 N–H and O–H groups in total. The van der Waals surface area contributed by atoms with E-state index < -0.39 is 0 Å². The van der Waals surface area contributed by atoms with Crippen LogP contribution in [0, 0.1) is 0 Å². The van der Waals surface area contributed by atoms with Gasteiger partial charge in [0.15, 0.2) is 0 Å². The average Bonchev–Trinajstić information content (AvgIpc) is 3.03. The highest BCUT2D eigenvalue weighted by Crippen LogP contribution is 2.27. The molecule has 0 aromatic carbocycles. The van der Waals surface area contributed by atoms with Crippen LogP contribution in [0.1, 0.15) is 58.3 Å². The topological polar surface area (TPSA) is 18.5 Å². The molecule has 0 bridgehead atoms. The highest BCUT2D eigenvalue weighted by molar-refractivity contribution is 4.87. The van der Waals surface area contributed by atoms with Gasteiger partial charge in [-0.1, -0.05) is 19.8 Å². The van der Waals surface area contributed by atoms with Crippen LogP contribution in [0.25, 0.3) is 0 Å². The molecular weight excluding hydrogens is 246 g/mol. The molecule has 3 aliphatic rings. The summed E-state index contributed by atoms with van der Waals surface area (Å²) in [6, 6.07) is 2.62. The predicted octanol–water partition coefficient (Wildman–Crippen LogP) is 2.47. The Bertz CT molecular complexity index is 272. The summed E-state index contributed by atoms with van der Waals surface area (Å²) < 4.78 is 0. The molecular formula is C17H33N3. The summed E-state index contributed by atoms with van der Waals surface area (Å²) in [5, 5.41) is 3.63. The first-order chi connectivity index (χ1) is 9.86. The van der Waals surface area contributed by atoms with Crippen molar-refractivity contribution < 1.29 is 0 Å². The molecule has 0 amide bonds. The Hall–Kier alpha value is -0.120. The van der Waals surface area contributed by atoms with Crippen LogP contribution in [-0.4, -0.2) is 60.6 Å². The summed E-state index contributed by atoms with van der Waals surface area (Å²) in [5.74, 6) is 0. The van der Waals surface area contributed by atoms with Crippen molar-refractivity contribution in [3.05, 3.63) is 0 Å². The minimum atomic E-state index is 0.802. The molecule has 1 saturated heterocycles. The van der Waals surface area contributed by atoms with E-state index in [1.807, 2.05) is 0 Å². The lowest BCUT2D eigenvalue weighted by molar-refractivity contribution is 0.0544. The van der Waals surface area contributed by atoms with Crippen molar-refractivity contribution in [2.24, 2.45) is 0 Å². The van der Waals surface area contributed by atoms with Gasteiger partial charge in [0, 0.05) is 44.3 Å². The summed E-state index contributed by atoms with van der Waals surface area (Å²) in [4.78, 5) is 5.58. The van der Waals surface area contributed by atoms with Gasteiger partial charge in [0.1, 0.15) is 0 Å². The van der Waals surface area contributed by atoms with Crippen molar-refractivity contribution in [3.8, 4) is 0 Å². The third kappa shape index (κ3) is 3.55. The highest BCUT2D eigenvalue weighted by Gasteiger charge is 2.30. The van der Waals surface area contributed by atoms with Crippen LogP contribution in [0.5, 0.6) is 0 Å². The van der Waals surface area contributed by atoms with Gasteiger partial charge in [-0.05, 0) is 45.1 Å². The molecule has 1 aliphatic heterocycles. The van der Waals surface area contributed by atoms with E-state index in [9.17, 15) is 0 Å². The van der Waals surface area contributed by atoms with Crippen LogP contribution < -0.4 is 5.32 Å². The number of nitrogens with one attached hydrogen (secondary N) is 1. The number of hydrogen-bond donors (Lipinski definition) is 1. The molecule has 3 fully saturated rings. The van der Waals surface area contributed by atoms with Gasteiger partial charge in [0.2, 0.25) is 0 Å². The Morgan fingerprint density at radius 3 is 1.75 bits per heavy atom. The van der Waals surface area contributed by atoms with Gasteiger partial charge in [0.05, 0.1) is 0 Å². The van der Waals surface area contributed by atoms with E-state index >= 15 is 0 Å². The molecule has 0 radical (unpaired) electrons. The van der Waals surface area contributed by atoms with Crippen molar-refractivity contribution in [3.63, 3.8) is 0 Å². The van der Waals surface area contributed by atoms with E-state index in [4.69, 9.17) is 0 Å². The van der Waals surface area contributed by atoms with E-state index in [2.05, 4.69) is 22.0 Å². The number of hydrogen-bond acceptors (Lipinski definition) is 3. The van der Waals surface area contributed by atoms with Crippen LogP contribution in [0.15, 0.2) is 0 Å². The van der Waals surface area contributed by atoms with E-state index in [0.29, 0.717) is 0 Å². The van der Waals surface area contributed by atoms with Crippen LogP contribution >= 0.6 is 0 Å². The van der Waals surface area contributed by atoms with Gasteiger partial charge in [0.25, 0.3) is 0 Å². The summed E-state index contributed by atoms with van der Waals surface area (Å²) in [6.45, 7) is 8.68. The summed E-state index contributed by atoms with van der Waals surface area (Å²) in [6.07, 6.45) is 11.5. The Labute approximate surface area is 125 Å². The van der Waals surface area contributed by atoms with E-state index in [0.717, 1.165) is 24.7 Å². The monoisotopic (exact) mass is 279 g/mol. The Kier molecular flexibility index (Phi) is 5.36. The number of rotatable bonds is 4. The van der Waals surface area contributed by atoms with Gasteiger partial charge < -0.3 is 5.32 Å². The number of piperazine rings is 1. The maximum Gasteiger partial charge on any atom is 0.0113 e. The van der Waals surface area contributed by atoms with Crippen LogP contribution in [0.2, 0.25) is 0 Å². The zero-order chi connectivity index (χ0) is 13.8. The molecule has 3 rings (SSSR count). The van der Waals surface area contributed by atoms with Gasteiger partial charge in [-0.2, -0.15) is 0 Å². The lowest BCUT2D eigenvalue weighted by Gasteiger charge is -2.43. The second-order valence-electron chi connectivity index (χ2n) is 7.07. The fraction of sp³-hybridized carbons (Fsp3) is 1.00. The molecule has 0 spiro atoms. The molecule has 0 unspecified atom stereocenters. The van der Waals surface area contributed by atoms with E-state index in [1.54, 1.807) is 0 Å². The van der Waals surface area contributed by atoms with E-state index in [1.165, 1.54) is 77.5 Å².